The zero-order chi connectivity index (χ0) is 23.2. The zero-order valence-electron chi connectivity index (χ0n) is 18.4. The molecule has 2 aliphatic heterocycles. The normalized spacial score (nSPS) is 18.7. The molecule has 33 heavy (non-hydrogen) atoms. The highest BCUT2D eigenvalue weighted by Gasteiger charge is 2.40. The fraction of sp³-hybridized carbons (Fsp3) is 0.409. The lowest BCUT2D eigenvalue weighted by Gasteiger charge is -2.24. The van der Waals surface area contributed by atoms with Crippen molar-refractivity contribution in [1.82, 2.24) is 19.1 Å². The van der Waals surface area contributed by atoms with Crippen molar-refractivity contribution >= 4 is 32.7 Å². The fourth-order valence-electron chi connectivity index (χ4n) is 4.22. The van der Waals surface area contributed by atoms with Crippen LogP contribution in [0.15, 0.2) is 41.6 Å². The van der Waals surface area contributed by atoms with Crippen LogP contribution in [0.1, 0.15) is 32.7 Å². The molecule has 3 aromatic rings. The topological polar surface area (TPSA) is 116 Å². The number of carbonyl (C=O) groups is 1. The largest absolute Gasteiger partial charge is 0.486 e. The average molecular weight is 472 g/mol. The van der Waals surface area contributed by atoms with Gasteiger partial charge in [-0.3, -0.25) is 4.79 Å². The van der Waals surface area contributed by atoms with E-state index in [-0.39, 0.29) is 23.4 Å². The van der Waals surface area contributed by atoms with Crippen molar-refractivity contribution in [3.63, 3.8) is 0 Å². The molecule has 0 spiro atoms. The van der Waals surface area contributed by atoms with Crippen molar-refractivity contribution < 1.29 is 22.7 Å². The molecule has 5 rings (SSSR count). The van der Waals surface area contributed by atoms with E-state index < -0.39 is 16.1 Å². The Kier molecular flexibility index (Phi) is 5.45. The molecule has 2 aliphatic rings. The van der Waals surface area contributed by atoms with Crippen molar-refractivity contribution in [2.45, 2.75) is 43.7 Å². The summed E-state index contributed by atoms with van der Waals surface area (Å²) in [6.07, 6.45) is 4.30. The Balaban J connectivity index is 1.37. The molecule has 174 valence electrons. The molecule has 2 aromatic heterocycles. The van der Waals surface area contributed by atoms with E-state index in [1.165, 1.54) is 16.4 Å². The van der Waals surface area contributed by atoms with Gasteiger partial charge in [0.1, 0.15) is 19.3 Å². The quantitative estimate of drug-likeness (QED) is 0.608. The number of pyridine rings is 1. The van der Waals surface area contributed by atoms with E-state index in [0.29, 0.717) is 43.2 Å². The first kappa shape index (κ1) is 21.7. The molecule has 0 bridgehead atoms. The van der Waals surface area contributed by atoms with Crippen LogP contribution in [0.25, 0.3) is 11.0 Å². The summed E-state index contributed by atoms with van der Waals surface area (Å²) in [5.74, 6) is 0.523. The van der Waals surface area contributed by atoms with Crippen LogP contribution in [0, 0.1) is 0 Å². The summed E-state index contributed by atoms with van der Waals surface area (Å²) in [7, 11) is -3.89. The average Bonchev–Trinajstić information content (AvgIpc) is 3.46. The van der Waals surface area contributed by atoms with Gasteiger partial charge in [0, 0.05) is 24.0 Å². The molecular weight excluding hydrogens is 446 g/mol. The lowest BCUT2D eigenvalue weighted by molar-refractivity contribution is -0.119. The number of nitrogens with zero attached hydrogens (tertiary/aromatic N) is 4. The third kappa shape index (κ3) is 3.91. The number of benzene rings is 1. The van der Waals surface area contributed by atoms with Gasteiger partial charge in [0.15, 0.2) is 17.1 Å². The standard InChI is InChI=1S/C22H25N5O5S/c1-14(2)27-21-15(12-24-27)10-16(13-23-21)25-22(28)18-4-3-7-26(18)33(29,30)17-5-6-19-20(11-17)32-9-8-31-19/h5-6,10-14,18H,3-4,7-9H2,1-2H3,(H,25,28)/t18-/m0/s1. The number of sulfonamides is 1. The van der Waals surface area contributed by atoms with Crippen LogP contribution in [0.2, 0.25) is 0 Å². The molecule has 1 atom stereocenters. The SMILES string of the molecule is CC(C)n1ncc2cc(NC(=O)[C@@H]3CCCN3S(=O)(=O)c3ccc4c(c3)OCCO4)cnc21. The molecule has 10 nitrogen and oxygen atoms in total. The van der Waals surface area contributed by atoms with Gasteiger partial charge < -0.3 is 14.8 Å². The van der Waals surface area contributed by atoms with E-state index in [1.54, 1.807) is 29.2 Å². The smallest absolute Gasteiger partial charge is 0.243 e. The fourth-order valence-corrected chi connectivity index (χ4v) is 5.89. The van der Waals surface area contributed by atoms with Crippen LogP contribution in [0.3, 0.4) is 0 Å². The summed E-state index contributed by atoms with van der Waals surface area (Å²) in [4.78, 5) is 17.6. The minimum absolute atomic E-state index is 0.0793. The van der Waals surface area contributed by atoms with Crippen molar-refractivity contribution in [3.8, 4) is 11.5 Å². The number of rotatable bonds is 5. The van der Waals surface area contributed by atoms with E-state index >= 15 is 0 Å². The van der Waals surface area contributed by atoms with Gasteiger partial charge in [-0.1, -0.05) is 0 Å². The van der Waals surface area contributed by atoms with Gasteiger partial charge in [0.25, 0.3) is 0 Å². The summed E-state index contributed by atoms with van der Waals surface area (Å²) in [6.45, 7) is 5.08. The minimum Gasteiger partial charge on any atom is -0.486 e. The van der Waals surface area contributed by atoms with Crippen LogP contribution in [-0.2, 0) is 14.8 Å². The van der Waals surface area contributed by atoms with E-state index in [9.17, 15) is 13.2 Å². The van der Waals surface area contributed by atoms with E-state index in [4.69, 9.17) is 9.47 Å². The highest BCUT2D eigenvalue weighted by Crippen LogP contribution is 2.35. The number of hydrogen-bond donors (Lipinski definition) is 1. The molecule has 11 heteroatoms. The Morgan fingerprint density at radius 1 is 1.15 bits per heavy atom. The van der Waals surface area contributed by atoms with Crippen LogP contribution < -0.4 is 14.8 Å². The third-order valence-corrected chi connectivity index (χ3v) is 7.72. The molecule has 1 saturated heterocycles. The van der Waals surface area contributed by atoms with Gasteiger partial charge in [-0.15, -0.1) is 0 Å². The Morgan fingerprint density at radius 3 is 2.73 bits per heavy atom. The molecule has 4 heterocycles. The van der Waals surface area contributed by atoms with Gasteiger partial charge in [-0.25, -0.2) is 18.1 Å². The molecule has 1 aromatic carbocycles. The van der Waals surface area contributed by atoms with Gasteiger partial charge in [0.05, 0.1) is 23.0 Å². The number of fused-ring (bicyclic) bond motifs is 2. The number of carbonyl (C=O) groups excluding carboxylic acids is 1. The molecule has 1 amide bonds. The number of aromatic nitrogens is 3. The molecule has 0 aliphatic carbocycles. The van der Waals surface area contributed by atoms with Crippen LogP contribution >= 0.6 is 0 Å². The van der Waals surface area contributed by atoms with Crippen molar-refractivity contribution in [2.24, 2.45) is 0 Å². The second kappa shape index (κ2) is 8.31. The van der Waals surface area contributed by atoms with Gasteiger partial charge >= 0.3 is 0 Å². The first-order valence-corrected chi connectivity index (χ1v) is 12.3. The van der Waals surface area contributed by atoms with Crippen LogP contribution in [-0.4, -0.2) is 59.2 Å². The Morgan fingerprint density at radius 2 is 1.94 bits per heavy atom. The third-order valence-electron chi connectivity index (χ3n) is 5.82. The minimum atomic E-state index is -3.89. The first-order chi connectivity index (χ1) is 15.8. The molecule has 0 saturated carbocycles. The number of nitrogens with one attached hydrogen (secondary N) is 1. The van der Waals surface area contributed by atoms with Gasteiger partial charge in [-0.05, 0) is 44.9 Å². The van der Waals surface area contributed by atoms with Crippen molar-refractivity contribution in [2.75, 3.05) is 25.1 Å². The monoisotopic (exact) mass is 471 g/mol. The van der Waals surface area contributed by atoms with Crippen LogP contribution in [0.5, 0.6) is 11.5 Å². The van der Waals surface area contributed by atoms with E-state index in [1.807, 2.05) is 13.8 Å². The molecule has 0 radical (unpaired) electrons. The second-order valence-corrected chi connectivity index (χ2v) is 10.3. The number of hydrogen-bond acceptors (Lipinski definition) is 7. The summed E-state index contributed by atoms with van der Waals surface area (Å²) in [5, 5.41) is 7.96. The summed E-state index contributed by atoms with van der Waals surface area (Å²) in [6, 6.07) is 5.68. The lowest BCUT2D eigenvalue weighted by atomic mass is 10.2. The number of amides is 1. The second-order valence-electron chi connectivity index (χ2n) is 8.39. The maximum atomic E-state index is 13.4. The van der Waals surface area contributed by atoms with Crippen molar-refractivity contribution in [3.05, 3.63) is 36.7 Å². The molecule has 1 N–H and O–H groups in total. The highest BCUT2D eigenvalue weighted by molar-refractivity contribution is 7.89. The summed E-state index contributed by atoms with van der Waals surface area (Å²) in [5.41, 5.74) is 1.23. The Hall–Kier alpha value is -3.18. The Labute approximate surface area is 191 Å². The lowest BCUT2D eigenvalue weighted by Crippen LogP contribution is -2.43. The summed E-state index contributed by atoms with van der Waals surface area (Å²) >= 11 is 0. The number of ether oxygens (including phenoxy) is 2. The molecule has 1 fully saturated rings. The molecular formula is C22H25N5O5S. The van der Waals surface area contributed by atoms with Gasteiger partial charge in [0.2, 0.25) is 15.9 Å². The van der Waals surface area contributed by atoms with Crippen LogP contribution in [0.4, 0.5) is 5.69 Å². The Bertz CT molecular complexity index is 1320. The maximum Gasteiger partial charge on any atom is 0.243 e. The van der Waals surface area contributed by atoms with E-state index in [2.05, 4.69) is 15.4 Å². The number of anilines is 1. The van der Waals surface area contributed by atoms with Crippen molar-refractivity contribution in [1.29, 1.82) is 0 Å². The van der Waals surface area contributed by atoms with Gasteiger partial charge in [-0.2, -0.15) is 9.40 Å². The predicted octanol–water partition coefficient (Wildman–Crippen LogP) is 2.58. The van der Waals surface area contributed by atoms with E-state index in [0.717, 1.165) is 11.0 Å². The predicted molar refractivity (Wildman–Crippen MR) is 121 cm³/mol. The summed E-state index contributed by atoms with van der Waals surface area (Å²) < 4.78 is 40.8. The first-order valence-electron chi connectivity index (χ1n) is 10.9. The highest BCUT2D eigenvalue weighted by atomic mass is 32.2. The zero-order valence-corrected chi connectivity index (χ0v) is 19.2. The maximum absolute atomic E-state index is 13.4. The molecule has 0 unspecified atom stereocenters.